The Hall–Kier alpha value is -1.96. The minimum absolute atomic E-state index is 0.0913. The van der Waals surface area contributed by atoms with Crippen LogP contribution >= 0.6 is 11.6 Å². The van der Waals surface area contributed by atoms with Crippen LogP contribution in [0.2, 0.25) is 5.15 Å². The molecule has 27 heavy (non-hydrogen) atoms. The van der Waals surface area contributed by atoms with Gasteiger partial charge < -0.3 is 19.6 Å². The largest absolute Gasteiger partial charge is 0.396 e. The lowest BCUT2D eigenvalue weighted by Crippen LogP contribution is -2.56. The molecular formula is C19H22ClFN2O4. The fraction of sp³-hybridized carbons (Fsp3) is 0.474. The number of benzene rings is 1. The summed E-state index contributed by atoms with van der Waals surface area (Å²) in [5.74, 6) is 0.0989. The van der Waals surface area contributed by atoms with Gasteiger partial charge in [0.05, 0.1) is 12.7 Å². The van der Waals surface area contributed by atoms with Crippen LogP contribution in [0, 0.1) is 11.2 Å². The zero-order chi connectivity index (χ0) is 19.4. The highest BCUT2D eigenvalue weighted by molar-refractivity contribution is 6.29. The average molecular weight is 397 g/mol. The van der Waals surface area contributed by atoms with Crippen molar-refractivity contribution in [3.8, 4) is 0 Å². The quantitative estimate of drug-likeness (QED) is 0.781. The lowest BCUT2D eigenvalue weighted by molar-refractivity contribution is -0.141. The molecule has 1 aliphatic heterocycles. The highest BCUT2D eigenvalue weighted by atomic mass is 35.5. The lowest BCUT2D eigenvalue weighted by atomic mass is 9.73. The van der Waals surface area contributed by atoms with Gasteiger partial charge in [0.25, 0.3) is 0 Å². The molecule has 0 spiro atoms. The van der Waals surface area contributed by atoms with Crippen molar-refractivity contribution in [1.82, 2.24) is 10.1 Å². The Morgan fingerprint density at radius 2 is 2.15 bits per heavy atom. The molecule has 1 aromatic heterocycles. The minimum Gasteiger partial charge on any atom is -0.396 e. The summed E-state index contributed by atoms with van der Waals surface area (Å²) in [6.07, 6.45) is 0.583. The third kappa shape index (κ3) is 4.66. The SMILES string of the molecule is O=C(CCc1cc(Cl)no1)N1CC[C@H](O)[C@@](CO)(Cc2ccc(F)cc2)C1. The number of hydrogen-bond donors (Lipinski definition) is 2. The lowest BCUT2D eigenvalue weighted by Gasteiger charge is -2.45. The summed E-state index contributed by atoms with van der Waals surface area (Å²) in [6.45, 7) is 0.382. The Kier molecular flexibility index (Phi) is 6.14. The molecule has 0 radical (unpaired) electrons. The number of amides is 1. The van der Waals surface area contributed by atoms with Crippen LogP contribution in [-0.4, -0.2) is 52.0 Å². The molecule has 2 atom stereocenters. The Morgan fingerprint density at radius 1 is 1.41 bits per heavy atom. The molecule has 6 nitrogen and oxygen atoms in total. The number of carbonyl (C=O) groups is 1. The molecule has 2 N–H and O–H groups in total. The van der Waals surface area contributed by atoms with Crippen LogP contribution in [0.5, 0.6) is 0 Å². The Labute approximate surface area is 161 Å². The number of nitrogens with zero attached hydrogens (tertiary/aromatic N) is 2. The zero-order valence-electron chi connectivity index (χ0n) is 14.8. The summed E-state index contributed by atoms with van der Waals surface area (Å²) in [7, 11) is 0. The first-order valence-corrected chi connectivity index (χ1v) is 9.22. The molecule has 0 aliphatic carbocycles. The number of piperidine rings is 1. The number of aliphatic hydroxyl groups excluding tert-OH is 2. The molecule has 0 bridgehead atoms. The highest BCUT2D eigenvalue weighted by Crippen LogP contribution is 2.34. The van der Waals surface area contributed by atoms with Gasteiger partial charge in [-0.15, -0.1) is 0 Å². The molecule has 1 aliphatic rings. The summed E-state index contributed by atoms with van der Waals surface area (Å²) in [6, 6.07) is 7.53. The first-order chi connectivity index (χ1) is 12.9. The number of aromatic nitrogens is 1. The number of likely N-dealkylation sites (tertiary alicyclic amines) is 1. The Balaban J connectivity index is 1.67. The van der Waals surface area contributed by atoms with Crippen LogP contribution < -0.4 is 0 Å². The smallest absolute Gasteiger partial charge is 0.223 e. The van der Waals surface area contributed by atoms with Gasteiger partial charge in [-0.3, -0.25) is 4.79 Å². The van der Waals surface area contributed by atoms with E-state index in [1.165, 1.54) is 12.1 Å². The van der Waals surface area contributed by atoms with Crippen molar-refractivity contribution in [3.63, 3.8) is 0 Å². The predicted octanol–water partition coefficient (Wildman–Crippen LogP) is 2.21. The van der Waals surface area contributed by atoms with E-state index < -0.39 is 11.5 Å². The number of aliphatic hydroxyl groups is 2. The molecule has 1 aromatic carbocycles. The van der Waals surface area contributed by atoms with Crippen LogP contribution in [0.3, 0.4) is 0 Å². The molecule has 8 heteroatoms. The van der Waals surface area contributed by atoms with E-state index in [0.717, 1.165) is 5.56 Å². The maximum absolute atomic E-state index is 13.1. The van der Waals surface area contributed by atoms with E-state index in [9.17, 15) is 19.4 Å². The molecule has 146 valence electrons. The van der Waals surface area contributed by atoms with Crippen molar-refractivity contribution in [3.05, 3.63) is 52.6 Å². The van der Waals surface area contributed by atoms with Crippen molar-refractivity contribution in [2.24, 2.45) is 5.41 Å². The van der Waals surface area contributed by atoms with E-state index >= 15 is 0 Å². The minimum atomic E-state index is -0.874. The molecule has 0 unspecified atom stereocenters. The van der Waals surface area contributed by atoms with Gasteiger partial charge in [0.2, 0.25) is 5.91 Å². The van der Waals surface area contributed by atoms with Gasteiger partial charge >= 0.3 is 0 Å². The third-order valence-corrected chi connectivity index (χ3v) is 5.32. The maximum atomic E-state index is 13.1. The molecule has 2 aromatic rings. The fourth-order valence-electron chi connectivity index (χ4n) is 3.55. The van der Waals surface area contributed by atoms with Gasteiger partial charge in [-0.2, -0.15) is 0 Å². The van der Waals surface area contributed by atoms with Gasteiger partial charge in [0.1, 0.15) is 11.6 Å². The maximum Gasteiger partial charge on any atom is 0.223 e. The van der Waals surface area contributed by atoms with Crippen molar-refractivity contribution < 1.29 is 23.9 Å². The molecule has 0 saturated carbocycles. The molecule has 1 saturated heterocycles. The van der Waals surface area contributed by atoms with Crippen LogP contribution in [0.4, 0.5) is 4.39 Å². The van der Waals surface area contributed by atoms with E-state index in [1.54, 1.807) is 23.1 Å². The van der Waals surface area contributed by atoms with Crippen molar-refractivity contribution in [2.75, 3.05) is 19.7 Å². The van der Waals surface area contributed by atoms with Crippen LogP contribution in [0.1, 0.15) is 24.2 Å². The standard InChI is InChI=1S/C19H22ClFN2O4/c20-17-9-15(27-22-17)5-6-18(26)23-8-7-16(25)19(11-23,12-24)10-13-1-3-14(21)4-2-13/h1-4,9,16,24-25H,5-8,10-12H2/t16-,19-/m0/s1. The summed E-state index contributed by atoms with van der Waals surface area (Å²) in [5.41, 5.74) is -0.0727. The van der Waals surface area contributed by atoms with Crippen LogP contribution in [-0.2, 0) is 17.6 Å². The van der Waals surface area contributed by atoms with Crippen molar-refractivity contribution in [1.29, 1.82) is 0 Å². The fourth-order valence-corrected chi connectivity index (χ4v) is 3.71. The van der Waals surface area contributed by atoms with E-state index in [-0.39, 0.29) is 36.4 Å². The van der Waals surface area contributed by atoms with Gasteiger partial charge in [-0.25, -0.2) is 4.39 Å². The summed E-state index contributed by atoms with van der Waals surface area (Å²) in [4.78, 5) is 14.3. The highest BCUT2D eigenvalue weighted by Gasteiger charge is 2.43. The Bertz CT molecular complexity index is 782. The zero-order valence-corrected chi connectivity index (χ0v) is 15.5. The first kappa shape index (κ1) is 19.8. The van der Waals surface area contributed by atoms with E-state index in [2.05, 4.69) is 5.16 Å². The number of aryl methyl sites for hydroxylation is 1. The van der Waals surface area contributed by atoms with Gasteiger partial charge in [-0.1, -0.05) is 28.9 Å². The topological polar surface area (TPSA) is 86.8 Å². The Morgan fingerprint density at radius 3 is 2.78 bits per heavy atom. The van der Waals surface area contributed by atoms with Crippen molar-refractivity contribution >= 4 is 17.5 Å². The predicted molar refractivity (Wildman–Crippen MR) is 96.7 cm³/mol. The normalized spacial score (nSPS) is 22.8. The third-order valence-electron chi connectivity index (χ3n) is 5.14. The van der Waals surface area contributed by atoms with Gasteiger partial charge in [0.15, 0.2) is 5.15 Å². The average Bonchev–Trinajstić information content (AvgIpc) is 3.08. The number of rotatable bonds is 6. The molecule has 2 heterocycles. The molecular weight excluding hydrogens is 375 g/mol. The van der Waals surface area contributed by atoms with Crippen LogP contribution in [0.25, 0.3) is 0 Å². The monoisotopic (exact) mass is 396 g/mol. The second-order valence-corrected chi connectivity index (χ2v) is 7.45. The number of carbonyl (C=O) groups excluding carboxylic acids is 1. The number of hydrogen-bond acceptors (Lipinski definition) is 5. The molecule has 1 fully saturated rings. The van der Waals surface area contributed by atoms with Gasteiger partial charge in [-0.05, 0) is 30.5 Å². The second kappa shape index (κ2) is 8.37. The number of halogens is 2. The first-order valence-electron chi connectivity index (χ1n) is 8.84. The van der Waals surface area contributed by atoms with E-state index in [1.807, 2.05) is 0 Å². The van der Waals surface area contributed by atoms with E-state index in [0.29, 0.717) is 31.6 Å². The summed E-state index contributed by atoms with van der Waals surface area (Å²) in [5, 5.41) is 24.4. The summed E-state index contributed by atoms with van der Waals surface area (Å²) < 4.78 is 18.1. The second-order valence-electron chi connectivity index (χ2n) is 7.06. The summed E-state index contributed by atoms with van der Waals surface area (Å²) >= 11 is 5.70. The van der Waals surface area contributed by atoms with Gasteiger partial charge in [0, 0.05) is 37.4 Å². The molecule has 3 rings (SSSR count). The van der Waals surface area contributed by atoms with E-state index in [4.69, 9.17) is 16.1 Å². The van der Waals surface area contributed by atoms with Crippen molar-refractivity contribution in [2.45, 2.75) is 31.8 Å². The van der Waals surface area contributed by atoms with Crippen LogP contribution in [0.15, 0.2) is 34.9 Å². The molecule has 1 amide bonds.